The third-order valence-electron chi connectivity index (χ3n) is 2.15. The van der Waals surface area contributed by atoms with Gasteiger partial charge < -0.3 is 10.2 Å². The Kier molecular flexibility index (Phi) is 3.15. The molecule has 0 atom stereocenters. The Hall–Kier alpha value is -1.17. The summed E-state index contributed by atoms with van der Waals surface area (Å²) in [6.07, 6.45) is 4.29. The highest BCUT2D eigenvalue weighted by molar-refractivity contribution is 9.10. The summed E-state index contributed by atoms with van der Waals surface area (Å²) in [5.41, 5.74) is 0. The molecule has 2 heterocycles. The Balaban J connectivity index is 2.14. The van der Waals surface area contributed by atoms with E-state index in [-0.39, 0.29) is 5.91 Å². The van der Waals surface area contributed by atoms with Gasteiger partial charge in [-0.1, -0.05) is 0 Å². The van der Waals surface area contributed by atoms with Crippen molar-refractivity contribution in [3.8, 4) is 0 Å². The zero-order valence-corrected chi connectivity index (χ0v) is 9.70. The highest BCUT2D eigenvalue weighted by Gasteiger charge is 2.16. The lowest BCUT2D eigenvalue weighted by Gasteiger charge is -2.18. The summed E-state index contributed by atoms with van der Waals surface area (Å²) in [6.45, 7) is 1.87. The second-order valence-electron chi connectivity index (χ2n) is 3.33. The standard InChI is InChI=1S/C9H11BrN4O/c10-7-4-12-9(13-5-7)14-3-1-2-11-8(15)6-14/h4-5H,1-3,6H2,(H,11,15). The second kappa shape index (κ2) is 4.57. The molecule has 80 valence electrons. The largest absolute Gasteiger partial charge is 0.354 e. The van der Waals surface area contributed by atoms with Gasteiger partial charge in [-0.15, -0.1) is 0 Å². The highest BCUT2D eigenvalue weighted by atomic mass is 79.9. The lowest BCUT2D eigenvalue weighted by molar-refractivity contribution is -0.119. The summed E-state index contributed by atoms with van der Waals surface area (Å²) in [6, 6.07) is 0. The lowest BCUT2D eigenvalue weighted by Crippen LogP contribution is -2.33. The van der Waals surface area contributed by atoms with Crippen LogP contribution in [-0.2, 0) is 4.79 Å². The smallest absolute Gasteiger partial charge is 0.239 e. The van der Waals surface area contributed by atoms with Crippen molar-refractivity contribution in [3.05, 3.63) is 16.9 Å². The molecule has 1 aromatic rings. The van der Waals surface area contributed by atoms with Crippen molar-refractivity contribution < 1.29 is 4.79 Å². The number of carbonyl (C=O) groups excluding carboxylic acids is 1. The first-order valence-electron chi connectivity index (χ1n) is 4.75. The molecular formula is C9H11BrN4O. The van der Waals surface area contributed by atoms with Crippen molar-refractivity contribution in [2.45, 2.75) is 6.42 Å². The molecule has 15 heavy (non-hydrogen) atoms. The minimum atomic E-state index is 0.0269. The monoisotopic (exact) mass is 270 g/mol. The van der Waals surface area contributed by atoms with Gasteiger partial charge in [0.2, 0.25) is 11.9 Å². The summed E-state index contributed by atoms with van der Waals surface area (Å²) in [4.78, 5) is 21.5. The predicted octanol–water partition coefficient (Wildman–Crippen LogP) is 0.565. The van der Waals surface area contributed by atoms with Crippen LogP contribution in [0.5, 0.6) is 0 Å². The Labute approximate surface area is 96.0 Å². The quantitative estimate of drug-likeness (QED) is 0.811. The zero-order valence-electron chi connectivity index (χ0n) is 8.11. The number of nitrogens with zero attached hydrogens (tertiary/aromatic N) is 3. The van der Waals surface area contributed by atoms with E-state index in [4.69, 9.17) is 0 Å². The van der Waals surface area contributed by atoms with E-state index in [1.807, 2.05) is 4.90 Å². The van der Waals surface area contributed by atoms with Gasteiger partial charge in [0.05, 0.1) is 11.0 Å². The van der Waals surface area contributed by atoms with E-state index in [0.717, 1.165) is 24.0 Å². The fourth-order valence-corrected chi connectivity index (χ4v) is 1.65. The Bertz CT molecular complexity index is 354. The van der Waals surface area contributed by atoms with Crippen LogP contribution < -0.4 is 10.2 Å². The molecule has 0 aliphatic carbocycles. The van der Waals surface area contributed by atoms with Crippen LogP contribution in [0.3, 0.4) is 0 Å². The van der Waals surface area contributed by atoms with E-state index in [1.165, 1.54) is 0 Å². The van der Waals surface area contributed by atoms with E-state index < -0.39 is 0 Å². The van der Waals surface area contributed by atoms with Crippen LogP contribution in [0, 0.1) is 0 Å². The molecule has 0 spiro atoms. The van der Waals surface area contributed by atoms with Gasteiger partial charge in [-0.3, -0.25) is 4.79 Å². The van der Waals surface area contributed by atoms with E-state index in [1.54, 1.807) is 12.4 Å². The maximum Gasteiger partial charge on any atom is 0.239 e. The van der Waals surface area contributed by atoms with Crippen LogP contribution in [0.4, 0.5) is 5.95 Å². The molecule has 0 radical (unpaired) electrons. The first-order chi connectivity index (χ1) is 7.25. The van der Waals surface area contributed by atoms with Crippen LogP contribution in [0.25, 0.3) is 0 Å². The van der Waals surface area contributed by atoms with Gasteiger partial charge in [-0.05, 0) is 22.4 Å². The lowest BCUT2D eigenvalue weighted by atomic mass is 10.4. The number of halogens is 1. The summed E-state index contributed by atoms with van der Waals surface area (Å²) in [7, 11) is 0. The summed E-state index contributed by atoms with van der Waals surface area (Å²) < 4.78 is 0.838. The molecule has 5 nitrogen and oxygen atoms in total. The molecule has 1 amide bonds. The number of amides is 1. The maximum absolute atomic E-state index is 11.3. The van der Waals surface area contributed by atoms with Crippen LogP contribution >= 0.6 is 15.9 Å². The van der Waals surface area contributed by atoms with Crippen molar-refractivity contribution >= 4 is 27.8 Å². The van der Waals surface area contributed by atoms with Crippen molar-refractivity contribution in [1.29, 1.82) is 0 Å². The molecule has 2 rings (SSSR count). The number of aromatic nitrogens is 2. The minimum absolute atomic E-state index is 0.0269. The van der Waals surface area contributed by atoms with Crippen molar-refractivity contribution in [3.63, 3.8) is 0 Å². The summed E-state index contributed by atoms with van der Waals surface area (Å²) in [5.74, 6) is 0.634. The predicted molar refractivity (Wildman–Crippen MR) is 59.6 cm³/mol. The molecular weight excluding hydrogens is 260 g/mol. The fourth-order valence-electron chi connectivity index (χ4n) is 1.45. The minimum Gasteiger partial charge on any atom is -0.354 e. The van der Waals surface area contributed by atoms with Crippen LogP contribution in [0.2, 0.25) is 0 Å². The number of nitrogens with one attached hydrogen (secondary N) is 1. The molecule has 1 N–H and O–H groups in total. The van der Waals surface area contributed by atoms with Gasteiger partial charge in [-0.2, -0.15) is 0 Å². The summed E-state index contributed by atoms with van der Waals surface area (Å²) in [5, 5.41) is 2.81. The van der Waals surface area contributed by atoms with Crippen molar-refractivity contribution in [1.82, 2.24) is 15.3 Å². The number of anilines is 1. The average molecular weight is 271 g/mol. The molecule has 1 saturated heterocycles. The van der Waals surface area contributed by atoms with E-state index in [2.05, 4.69) is 31.2 Å². The number of hydrogen-bond acceptors (Lipinski definition) is 4. The Morgan fingerprint density at radius 1 is 1.40 bits per heavy atom. The molecule has 1 fully saturated rings. The molecule has 0 aromatic carbocycles. The normalized spacial score (nSPS) is 17.1. The Morgan fingerprint density at radius 2 is 2.13 bits per heavy atom. The van der Waals surface area contributed by atoms with E-state index >= 15 is 0 Å². The van der Waals surface area contributed by atoms with Crippen LogP contribution in [-0.4, -0.2) is 35.5 Å². The second-order valence-corrected chi connectivity index (χ2v) is 4.24. The number of carbonyl (C=O) groups is 1. The van der Waals surface area contributed by atoms with Gasteiger partial charge in [0.15, 0.2) is 0 Å². The molecule has 0 bridgehead atoms. The van der Waals surface area contributed by atoms with Gasteiger partial charge in [0, 0.05) is 25.5 Å². The van der Waals surface area contributed by atoms with Crippen LogP contribution in [0.15, 0.2) is 16.9 Å². The van der Waals surface area contributed by atoms with Crippen molar-refractivity contribution in [2.24, 2.45) is 0 Å². The topological polar surface area (TPSA) is 58.1 Å². The molecule has 1 aliphatic heterocycles. The number of rotatable bonds is 1. The zero-order chi connectivity index (χ0) is 10.7. The first kappa shape index (κ1) is 10.4. The molecule has 1 aromatic heterocycles. The first-order valence-corrected chi connectivity index (χ1v) is 5.54. The highest BCUT2D eigenvalue weighted by Crippen LogP contribution is 2.11. The van der Waals surface area contributed by atoms with Gasteiger partial charge in [0.1, 0.15) is 0 Å². The maximum atomic E-state index is 11.3. The van der Waals surface area contributed by atoms with Gasteiger partial charge in [-0.25, -0.2) is 9.97 Å². The van der Waals surface area contributed by atoms with Gasteiger partial charge >= 0.3 is 0 Å². The van der Waals surface area contributed by atoms with Crippen molar-refractivity contribution in [2.75, 3.05) is 24.5 Å². The third kappa shape index (κ3) is 2.65. The van der Waals surface area contributed by atoms with Crippen LogP contribution in [0.1, 0.15) is 6.42 Å². The fraction of sp³-hybridized carbons (Fsp3) is 0.444. The van der Waals surface area contributed by atoms with E-state index in [9.17, 15) is 4.79 Å². The molecule has 1 aliphatic rings. The van der Waals surface area contributed by atoms with Gasteiger partial charge in [0.25, 0.3) is 0 Å². The molecule has 0 unspecified atom stereocenters. The summed E-state index contributed by atoms with van der Waals surface area (Å²) >= 11 is 3.27. The molecule has 0 saturated carbocycles. The third-order valence-corrected chi connectivity index (χ3v) is 2.56. The SMILES string of the molecule is O=C1CN(c2ncc(Br)cn2)CCCN1. The number of hydrogen-bond donors (Lipinski definition) is 1. The Morgan fingerprint density at radius 3 is 2.87 bits per heavy atom. The average Bonchev–Trinajstić information content (AvgIpc) is 2.44. The van der Waals surface area contributed by atoms with E-state index in [0.29, 0.717) is 12.5 Å². The molecule has 6 heteroatoms.